The van der Waals surface area contributed by atoms with E-state index < -0.39 is 0 Å². The van der Waals surface area contributed by atoms with Gasteiger partial charge < -0.3 is 4.90 Å². The highest BCUT2D eigenvalue weighted by atomic mass is 35.5. The lowest BCUT2D eigenvalue weighted by molar-refractivity contribution is 0.0695. The predicted octanol–water partition coefficient (Wildman–Crippen LogP) is 3.76. The summed E-state index contributed by atoms with van der Waals surface area (Å²) in [7, 11) is 0. The number of rotatable bonds is 4. The standard InChI is InChI=1S/C15H19ClFNO/c1-11-10-12(6-7-14(11)17)15(19)18(9-8-16)13-4-2-3-5-13/h6-7,10,13H,2-5,8-9H2,1H3. The van der Waals surface area contributed by atoms with Crippen LogP contribution in [0.15, 0.2) is 18.2 Å². The first-order valence-corrected chi connectivity index (χ1v) is 7.30. The molecule has 1 aromatic rings. The van der Waals surface area contributed by atoms with Gasteiger partial charge in [0.05, 0.1) is 0 Å². The predicted molar refractivity (Wildman–Crippen MR) is 75.1 cm³/mol. The van der Waals surface area contributed by atoms with Crippen LogP contribution in [0.3, 0.4) is 0 Å². The first-order valence-electron chi connectivity index (χ1n) is 6.76. The Hall–Kier alpha value is -1.09. The molecule has 0 aliphatic heterocycles. The molecule has 0 N–H and O–H groups in total. The second kappa shape index (κ2) is 6.38. The summed E-state index contributed by atoms with van der Waals surface area (Å²) in [6, 6.07) is 4.82. The van der Waals surface area contributed by atoms with E-state index in [2.05, 4.69) is 0 Å². The molecule has 1 aromatic carbocycles. The third-order valence-electron chi connectivity index (χ3n) is 3.76. The van der Waals surface area contributed by atoms with Gasteiger partial charge in [-0.25, -0.2) is 4.39 Å². The van der Waals surface area contributed by atoms with E-state index in [0.29, 0.717) is 23.6 Å². The van der Waals surface area contributed by atoms with Gasteiger partial charge in [-0.2, -0.15) is 0 Å². The molecule has 0 heterocycles. The SMILES string of the molecule is Cc1cc(C(=O)N(CCCl)C2CCCC2)ccc1F. The van der Waals surface area contributed by atoms with Crippen LogP contribution in [-0.4, -0.2) is 29.3 Å². The number of halogens is 2. The van der Waals surface area contributed by atoms with E-state index >= 15 is 0 Å². The molecule has 1 fully saturated rings. The van der Waals surface area contributed by atoms with Crippen molar-refractivity contribution in [2.75, 3.05) is 12.4 Å². The molecule has 1 saturated carbocycles. The van der Waals surface area contributed by atoms with Crippen LogP contribution in [0.5, 0.6) is 0 Å². The van der Waals surface area contributed by atoms with Gasteiger partial charge in [0.1, 0.15) is 5.82 Å². The van der Waals surface area contributed by atoms with Crippen molar-refractivity contribution < 1.29 is 9.18 Å². The molecular formula is C15H19ClFNO. The molecule has 0 spiro atoms. The average Bonchev–Trinajstić information content (AvgIpc) is 2.92. The van der Waals surface area contributed by atoms with Crippen molar-refractivity contribution in [3.8, 4) is 0 Å². The van der Waals surface area contributed by atoms with Crippen LogP contribution >= 0.6 is 11.6 Å². The largest absolute Gasteiger partial charge is 0.334 e. The minimum absolute atomic E-state index is 0.0318. The zero-order valence-electron chi connectivity index (χ0n) is 11.2. The molecule has 0 saturated heterocycles. The number of aryl methyl sites for hydroxylation is 1. The van der Waals surface area contributed by atoms with Crippen molar-refractivity contribution >= 4 is 17.5 Å². The highest BCUT2D eigenvalue weighted by molar-refractivity contribution is 6.18. The van der Waals surface area contributed by atoms with Crippen LogP contribution < -0.4 is 0 Å². The first kappa shape index (κ1) is 14.3. The van der Waals surface area contributed by atoms with Gasteiger partial charge in [-0.1, -0.05) is 12.8 Å². The fraction of sp³-hybridized carbons (Fsp3) is 0.533. The summed E-state index contributed by atoms with van der Waals surface area (Å²) >= 11 is 5.81. The second-order valence-electron chi connectivity index (χ2n) is 5.09. The molecule has 19 heavy (non-hydrogen) atoms. The van der Waals surface area contributed by atoms with Gasteiger partial charge in [0.2, 0.25) is 0 Å². The third kappa shape index (κ3) is 3.27. The third-order valence-corrected chi connectivity index (χ3v) is 3.93. The van der Waals surface area contributed by atoms with Crippen molar-refractivity contribution in [2.24, 2.45) is 0 Å². The lowest BCUT2D eigenvalue weighted by Crippen LogP contribution is -2.40. The summed E-state index contributed by atoms with van der Waals surface area (Å²) in [4.78, 5) is 14.4. The van der Waals surface area contributed by atoms with Crippen LogP contribution in [0.1, 0.15) is 41.6 Å². The van der Waals surface area contributed by atoms with Gasteiger partial charge in [-0.3, -0.25) is 4.79 Å². The van der Waals surface area contributed by atoms with Crippen LogP contribution in [0.25, 0.3) is 0 Å². The maximum absolute atomic E-state index is 13.3. The first-order chi connectivity index (χ1) is 9.13. The lowest BCUT2D eigenvalue weighted by Gasteiger charge is -2.28. The quantitative estimate of drug-likeness (QED) is 0.771. The number of nitrogens with zero attached hydrogens (tertiary/aromatic N) is 1. The molecule has 0 radical (unpaired) electrons. The van der Waals surface area contributed by atoms with E-state index in [-0.39, 0.29) is 17.8 Å². The van der Waals surface area contributed by atoms with Crippen LogP contribution in [0.2, 0.25) is 0 Å². The Bertz CT molecular complexity index is 457. The monoisotopic (exact) mass is 283 g/mol. The van der Waals surface area contributed by atoms with Gasteiger partial charge in [0.15, 0.2) is 0 Å². The molecule has 4 heteroatoms. The number of amides is 1. The van der Waals surface area contributed by atoms with E-state index in [4.69, 9.17) is 11.6 Å². The van der Waals surface area contributed by atoms with E-state index in [0.717, 1.165) is 12.8 Å². The summed E-state index contributed by atoms with van der Waals surface area (Å²) < 4.78 is 13.3. The fourth-order valence-electron chi connectivity index (χ4n) is 2.70. The van der Waals surface area contributed by atoms with Gasteiger partial charge in [-0.15, -0.1) is 11.6 Å². The molecule has 2 nitrogen and oxygen atoms in total. The molecule has 104 valence electrons. The fourth-order valence-corrected chi connectivity index (χ4v) is 2.88. The lowest BCUT2D eigenvalue weighted by atomic mass is 10.1. The van der Waals surface area contributed by atoms with E-state index in [1.165, 1.54) is 18.9 Å². The summed E-state index contributed by atoms with van der Waals surface area (Å²) in [5.41, 5.74) is 1.05. The Balaban J connectivity index is 2.20. The van der Waals surface area contributed by atoms with Crippen molar-refractivity contribution in [3.63, 3.8) is 0 Å². The van der Waals surface area contributed by atoms with E-state index in [9.17, 15) is 9.18 Å². The van der Waals surface area contributed by atoms with Gasteiger partial charge >= 0.3 is 0 Å². The second-order valence-corrected chi connectivity index (χ2v) is 5.47. The van der Waals surface area contributed by atoms with Gasteiger partial charge in [-0.05, 0) is 43.5 Å². The van der Waals surface area contributed by atoms with Crippen LogP contribution in [0.4, 0.5) is 4.39 Å². The number of carbonyl (C=O) groups excluding carboxylic acids is 1. The summed E-state index contributed by atoms with van der Waals surface area (Å²) in [6.07, 6.45) is 4.42. The number of carbonyl (C=O) groups is 1. The minimum Gasteiger partial charge on any atom is -0.334 e. The number of benzene rings is 1. The Kier molecular flexibility index (Phi) is 4.81. The maximum Gasteiger partial charge on any atom is 0.254 e. The molecule has 0 unspecified atom stereocenters. The van der Waals surface area contributed by atoms with Crippen LogP contribution in [0, 0.1) is 12.7 Å². The Morgan fingerprint density at radius 3 is 2.68 bits per heavy atom. The average molecular weight is 284 g/mol. The van der Waals surface area contributed by atoms with Crippen molar-refractivity contribution in [1.82, 2.24) is 4.90 Å². The van der Waals surface area contributed by atoms with Crippen molar-refractivity contribution in [1.29, 1.82) is 0 Å². The Labute approximate surface area is 118 Å². The van der Waals surface area contributed by atoms with E-state index in [1.807, 2.05) is 4.90 Å². The number of hydrogen-bond acceptors (Lipinski definition) is 1. The zero-order valence-corrected chi connectivity index (χ0v) is 11.9. The summed E-state index contributed by atoms with van der Waals surface area (Å²) in [5.74, 6) is 0.125. The van der Waals surface area contributed by atoms with Crippen molar-refractivity contribution in [3.05, 3.63) is 35.1 Å². The molecule has 0 aromatic heterocycles. The maximum atomic E-state index is 13.3. The van der Waals surface area contributed by atoms with Gasteiger partial charge in [0, 0.05) is 24.0 Å². The Morgan fingerprint density at radius 2 is 2.11 bits per heavy atom. The summed E-state index contributed by atoms with van der Waals surface area (Å²) in [6.45, 7) is 2.23. The highest BCUT2D eigenvalue weighted by Crippen LogP contribution is 2.25. The van der Waals surface area contributed by atoms with E-state index in [1.54, 1.807) is 19.1 Å². The van der Waals surface area contributed by atoms with Crippen LogP contribution in [-0.2, 0) is 0 Å². The highest BCUT2D eigenvalue weighted by Gasteiger charge is 2.27. The Morgan fingerprint density at radius 1 is 1.42 bits per heavy atom. The number of alkyl halides is 1. The van der Waals surface area contributed by atoms with Crippen molar-refractivity contribution in [2.45, 2.75) is 38.6 Å². The molecular weight excluding hydrogens is 265 g/mol. The molecule has 0 atom stereocenters. The normalized spacial score (nSPS) is 15.7. The zero-order chi connectivity index (χ0) is 13.8. The van der Waals surface area contributed by atoms with Gasteiger partial charge in [0.25, 0.3) is 5.91 Å². The number of hydrogen-bond donors (Lipinski definition) is 0. The molecule has 2 rings (SSSR count). The molecule has 1 amide bonds. The molecule has 1 aliphatic rings. The molecule has 0 bridgehead atoms. The topological polar surface area (TPSA) is 20.3 Å². The minimum atomic E-state index is -0.277. The smallest absolute Gasteiger partial charge is 0.254 e. The summed E-state index contributed by atoms with van der Waals surface area (Å²) in [5, 5.41) is 0. The molecule has 1 aliphatic carbocycles.